The fourth-order valence-electron chi connectivity index (χ4n) is 7.71. The molecule has 264 valence electrons. The zero-order valence-electron chi connectivity index (χ0n) is 29.4. The number of rotatable bonds is 8. The maximum Gasteiger partial charge on any atom is 0.408 e. The molecule has 3 N–H and O–H groups in total. The predicted molar refractivity (Wildman–Crippen MR) is 176 cm³/mol. The first-order chi connectivity index (χ1) is 23.1. The number of ether oxygens (including phenoxy) is 4. The molecule has 1 aromatic carbocycles. The Bertz CT molecular complexity index is 1690. The van der Waals surface area contributed by atoms with Gasteiger partial charge in [-0.1, -0.05) is 6.07 Å². The van der Waals surface area contributed by atoms with Gasteiger partial charge < -0.3 is 34.7 Å². The number of hydrogen-bond donors (Lipinski definition) is 3. The first-order valence-electron chi connectivity index (χ1n) is 16.3. The van der Waals surface area contributed by atoms with Gasteiger partial charge in [-0.15, -0.1) is 0 Å². The van der Waals surface area contributed by atoms with E-state index in [0.717, 1.165) is 16.7 Å². The molecule has 1 aromatic rings. The molecule has 3 aliphatic heterocycles. The van der Waals surface area contributed by atoms with E-state index in [1.807, 2.05) is 24.9 Å². The quantitative estimate of drug-likeness (QED) is 0.271. The normalized spacial score (nSPS) is 25.8. The number of carbonyl (C=O) groups is 4. The molecule has 1 aliphatic carbocycles. The fourth-order valence-corrected chi connectivity index (χ4v) is 7.71. The molecule has 5 unspecified atom stereocenters. The molecule has 3 heterocycles. The van der Waals surface area contributed by atoms with Crippen molar-refractivity contribution in [2.45, 2.75) is 96.2 Å². The van der Waals surface area contributed by atoms with Crippen molar-refractivity contribution in [3.05, 3.63) is 45.2 Å². The topological polar surface area (TPSA) is 180 Å². The molecule has 4 aliphatic rings. The molecule has 1 saturated heterocycles. The Balaban J connectivity index is 1.60. The van der Waals surface area contributed by atoms with Crippen LogP contribution in [0.4, 0.5) is 4.79 Å². The van der Waals surface area contributed by atoms with Crippen LogP contribution in [0.15, 0.2) is 28.5 Å². The molecule has 0 spiro atoms. The van der Waals surface area contributed by atoms with E-state index in [1.54, 1.807) is 27.9 Å². The van der Waals surface area contributed by atoms with Gasteiger partial charge in [0.05, 0.1) is 25.3 Å². The Kier molecular flexibility index (Phi) is 9.84. The number of Topliss-reactive ketones (excluding diaryl/α,β-unsaturated/α-hetero) is 2. The summed E-state index contributed by atoms with van der Waals surface area (Å²) in [6.45, 7) is 9.71. The van der Waals surface area contributed by atoms with E-state index < -0.39 is 65.1 Å². The van der Waals surface area contributed by atoms with Crippen molar-refractivity contribution >= 4 is 23.6 Å². The summed E-state index contributed by atoms with van der Waals surface area (Å²) in [5, 5.41) is 26.9. The summed E-state index contributed by atoms with van der Waals surface area (Å²) in [4.78, 5) is 57.3. The van der Waals surface area contributed by atoms with Crippen LogP contribution < -0.4 is 20.1 Å². The molecule has 0 aromatic heterocycles. The van der Waals surface area contributed by atoms with Crippen LogP contribution in [0.25, 0.3) is 0 Å². The maximum absolute atomic E-state index is 13.8. The lowest BCUT2D eigenvalue weighted by Gasteiger charge is -2.60. The molecule has 6 atom stereocenters. The number of aliphatic hydroxyl groups excluding tert-OH is 1. The number of allylic oxidation sites excluding steroid dienone is 2. The minimum atomic E-state index is -1.01. The standard InChI is InChI=1S/C35H45N5O9/c1-16-10-19-11-21-23(13-36)40-22(27(39(21)7)25(19)32(31(16)47-9)48-15-46-8)12-20-26(30(43)29(42)17(2)28(20)41)24(40)14-37-33(44)18(3)38-34(45)49-35(4,5)6/h10,18,21-24,27,42H,11-12,14-15H2,1-9H3,(H,37,44)(H,38,45)/t18?,21?,22?,23-,24?,27?/m0/s1. The molecule has 14 heteroatoms. The first-order valence-corrected chi connectivity index (χ1v) is 16.3. The van der Waals surface area contributed by atoms with Crippen LogP contribution in [0.1, 0.15) is 63.8 Å². The second-order valence-corrected chi connectivity index (χ2v) is 14.0. The number of aryl methyl sites for hydroxylation is 1. The Hall–Kier alpha value is -4.45. The highest BCUT2D eigenvalue weighted by Gasteiger charge is 2.58. The monoisotopic (exact) mass is 679 g/mol. The molecule has 0 saturated carbocycles. The molecule has 0 radical (unpaired) electrons. The zero-order chi connectivity index (χ0) is 36.1. The number of nitriles is 1. The van der Waals surface area contributed by atoms with Gasteiger partial charge >= 0.3 is 6.09 Å². The number of nitrogens with zero attached hydrogens (tertiary/aromatic N) is 3. The van der Waals surface area contributed by atoms with Crippen molar-refractivity contribution in [1.82, 2.24) is 20.4 Å². The number of fused-ring (bicyclic) bond motifs is 6. The van der Waals surface area contributed by atoms with E-state index in [2.05, 4.69) is 21.6 Å². The van der Waals surface area contributed by atoms with Gasteiger partial charge in [-0.2, -0.15) is 5.26 Å². The van der Waals surface area contributed by atoms with E-state index in [-0.39, 0.29) is 42.5 Å². The highest BCUT2D eigenvalue weighted by molar-refractivity contribution is 6.24. The van der Waals surface area contributed by atoms with Crippen molar-refractivity contribution in [2.24, 2.45) is 0 Å². The minimum absolute atomic E-state index is 0.0446. The van der Waals surface area contributed by atoms with E-state index in [9.17, 15) is 29.5 Å². The molecule has 49 heavy (non-hydrogen) atoms. The summed E-state index contributed by atoms with van der Waals surface area (Å²) in [5.74, 6) is -1.36. The molecule has 5 rings (SSSR count). The van der Waals surface area contributed by atoms with E-state index in [1.165, 1.54) is 21.0 Å². The van der Waals surface area contributed by atoms with Crippen molar-refractivity contribution < 1.29 is 43.2 Å². The van der Waals surface area contributed by atoms with Crippen molar-refractivity contribution in [2.75, 3.05) is 34.6 Å². The van der Waals surface area contributed by atoms with Gasteiger partial charge in [-0.05, 0) is 72.6 Å². The fraction of sp³-hybridized carbons (Fsp3) is 0.571. The number of likely N-dealkylation sites (N-methyl/N-ethyl adjacent to an activating group) is 1. The van der Waals surface area contributed by atoms with Gasteiger partial charge in [0.2, 0.25) is 11.7 Å². The smallest absolute Gasteiger partial charge is 0.408 e. The van der Waals surface area contributed by atoms with Gasteiger partial charge in [0.1, 0.15) is 17.7 Å². The van der Waals surface area contributed by atoms with Crippen LogP contribution in [0.5, 0.6) is 11.5 Å². The Labute approximate surface area is 286 Å². The largest absolute Gasteiger partial charge is 0.504 e. The Morgan fingerprint density at radius 3 is 2.43 bits per heavy atom. The zero-order valence-corrected chi connectivity index (χ0v) is 29.4. The molecule has 2 bridgehead atoms. The summed E-state index contributed by atoms with van der Waals surface area (Å²) >= 11 is 0. The summed E-state index contributed by atoms with van der Waals surface area (Å²) in [6.07, 6.45) is -0.203. The highest BCUT2D eigenvalue weighted by atomic mass is 16.7. The third kappa shape index (κ3) is 6.26. The van der Waals surface area contributed by atoms with Crippen LogP contribution >= 0.6 is 0 Å². The molecular formula is C35H45N5O9. The molecule has 1 fully saturated rings. The van der Waals surface area contributed by atoms with Crippen LogP contribution in [0, 0.1) is 18.3 Å². The van der Waals surface area contributed by atoms with Crippen molar-refractivity contribution in [1.29, 1.82) is 5.26 Å². The number of methoxy groups -OCH3 is 2. The van der Waals surface area contributed by atoms with E-state index in [4.69, 9.17) is 18.9 Å². The summed E-state index contributed by atoms with van der Waals surface area (Å²) < 4.78 is 22.5. The third-order valence-electron chi connectivity index (χ3n) is 9.78. The average Bonchev–Trinajstić information content (AvgIpc) is 3.03. The van der Waals surface area contributed by atoms with Gasteiger partial charge in [0, 0.05) is 48.0 Å². The summed E-state index contributed by atoms with van der Waals surface area (Å²) in [7, 11) is 5.01. The minimum Gasteiger partial charge on any atom is -0.504 e. The van der Waals surface area contributed by atoms with Crippen molar-refractivity contribution in [3.8, 4) is 17.6 Å². The average molecular weight is 680 g/mol. The third-order valence-corrected chi connectivity index (χ3v) is 9.78. The number of amides is 2. The number of hydrogen-bond acceptors (Lipinski definition) is 12. The number of benzene rings is 1. The second kappa shape index (κ2) is 13.5. The van der Waals surface area contributed by atoms with Gasteiger partial charge in [0.25, 0.3) is 0 Å². The van der Waals surface area contributed by atoms with Crippen LogP contribution in [0.3, 0.4) is 0 Å². The van der Waals surface area contributed by atoms with Gasteiger partial charge in [-0.25, -0.2) is 4.79 Å². The second-order valence-electron chi connectivity index (χ2n) is 14.0. The molecule has 14 nitrogen and oxygen atoms in total. The lowest BCUT2D eigenvalue weighted by Crippen LogP contribution is -2.71. The van der Waals surface area contributed by atoms with Crippen LogP contribution in [-0.4, -0.2) is 109 Å². The SMILES string of the molecule is COCOc1c(OC)c(C)cc2c1C1C3CC4=C(C(=O)C(O)=C(C)C4=O)C(CNC(=O)C(C)NC(=O)OC(C)(C)C)N3[C@@H](C#N)C(C2)N1C. The number of nitrogens with one attached hydrogen (secondary N) is 2. The van der Waals surface area contributed by atoms with Gasteiger partial charge in [-0.3, -0.25) is 24.2 Å². The lowest BCUT2D eigenvalue weighted by molar-refractivity contribution is -0.125. The molecule has 2 amide bonds. The van der Waals surface area contributed by atoms with Gasteiger partial charge in [0.15, 0.2) is 29.8 Å². The summed E-state index contributed by atoms with van der Waals surface area (Å²) in [5.41, 5.74) is 2.11. The number of carbonyl (C=O) groups excluding carboxylic acids is 4. The van der Waals surface area contributed by atoms with Crippen LogP contribution in [-0.2, 0) is 30.3 Å². The van der Waals surface area contributed by atoms with E-state index >= 15 is 0 Å². The maximum atomic E-state index is 13.8. The highest BCUT2D eigenvalue weighted by Crippen LogP contribution is 2.54. The Morgan fingerprint density at radius 2 is 1.82 bits per heavy atom. The van der Waals surface area contributed by atoms with E-state index in [0.29, 0.717) is 17.9 Å². The van der Waals surface area contributed by atoms with Crippen LogP contribution in [0.2, 0.25) is 0 Å². The molecular weight excluding hydrogens is 634 g/mol. The number of piperazine rings is 1. The predicted octanol–water partition coefficient (Wildman–Crippen LogP) is 2.54. The Morgan fingerprint density at radius 1 is 1.12 bits per heavy atom. The number of ketones is 2. The summed E-state index contributed by atoms with van der Waals surface area (Å²) in [6, 6.07) is 0.460. The number of alkyl carbamates (subject to hydrolysis) is 1. The van der Waals surface area contributed by atoms with Crippen molar-refractivity contribution in [3.63, 3.8) is 0 Å². The lowest BCUT2D eigenvalue weighted by atomic mass is 9.69. The number of aliphatic hydroxyl groups is 1. The first kappa shape index (κ1) is 35.8.